The van der Waals surface area contributed by atoms with Crippen molar-refractivity contribution in [2.45, 2.75) is 36.5 Å². The molecular formula is C30H31N3O4S2. The maximum absolute atomic E-state index is 13.9. The smallest absolute Gasteiger partial charge is 0.305 e. The van der Waals surface area contributed by atoms with Crippen LogP contribution in [-0.2, 0) is 9.59 Å². The quantitative estimate of drug-likeness (QED) is 0.428. The molecule has 4 aliphatic rings. The molecule has 202 valence electrons. The normalized spacial score (nSPS) is 30.3. The molecule has 1 saturated heterocycles. The summed E-state index contributed by atoms with van der Waals surface area (Å²) in [5.41, 5.74) is 2.99. The maximum Gasteiger partial charge on any atom is 0.305 e. The lowest BCUT2D eigenvalue weighted by atomic mass is 9.68. The van der Waals surface area contributed by atoms with Crippen molar-refractivity contribution in [1.29, 1.82) is 0 Å². The molecule has 3 heterocycles. The largest absolute Gasteiger partial charge is 0.497 e. The van der Waals surface area contributed by atoms with Gasteiger partial charge in [0.05, 0.1) is 29.7 Å². The van der Waals surface area contributed by atoms with Crippen molar-refractivity contribution in [2.75, 3.05) is 30.0 Å². The SMILES string of the molecule is CCN(CC)c1ccc(C2c3sc(=O)[nH]c3SC3C2[C@H]2C[C@@H]3C3C(=O)N(c4ccc(OC)cc4)C(=O)C32)cc1. The van der Waals surface area contributed by atoms with Gasteiger partial charge >= 0.3 is 4.87 Å². The van der Waals surface area contributed by atoms with Crippen molar-refractivity contribution in [3.8, 4) is 5.75 Å². The number of H-pyrrole nitrogens is 1. The minimum absolute atomic E-state index is 0.0369. The Morgan fingerprint density at radius 2 is 1.62 bits per heavy atom. The average Bonchev–Trinajstić information content (AvgIpc) is 3.69. The maximum atomic E-state index is 13.9. The fraction of sp³-hybridized carbons (Fsp3) is 0.433. The molecule has 2 aliphatic heterocycles. The van der Waals surface area contributed by atoms with Gasteiger partial charge in [0.1, 0.15) is 5.75 Å². The number of amides is 2. The molecule has 9 heteroatoms. The molecule has 2 bridgehead atoms. The fourth-order valence-electron chi connectivity index (χ4n) is 7.86. The van der Waals surface area contributed by atoms with Crippen molar-refractivity contribution >= 4 is 46.3 Å². The van der Waals surface area contributed by atoms with E-state index in [0.717, 1.165) is 29.4 Å². The summed E-state index contributed by atoms with van der Waals surface area (Å²) in [4.78, 5) is 48.1. The third kappa shape index (κ3) is 3.58. The van der Waals surface area contributed by atoms with E-state index in [9.17, 15) is 14.4 Å². The molecular weight excluding hydrogens is 530 g/mol. The summed E-state index contributed by atoms with van der Waals surface area (Å²) in [7, 11) is 1.60. The van der Waals surface area contributed by atoms with Gasteiger partial charge in [0.15, 0.2) is 0 Å². The number of hydrogen-bond acceptors (Lipinski definition) is 7. The Balaban J connectivity index is 1.27. The molecule has 2 saturated carbocycles. The van der Waals surface area contributed by atoms with Crippen LogP contribution >= 0.6 is 23.1 Å². The van der Waals surface area contributed by atoms with Gasteiger partial charge in [0, 0.05) is 34.8 Å². The van der Waals surface area contributed by atoms with E-state index in [2.05, 4.69) is 48.0 Å². The number of benzene rings is 2. The highest BCUT2D eigenvalue weighted by Crippen LogP contribution is 2.68. The number of nitrogens with zero attached hydrogens (tertiary/aromatic N) is 2. The fourth-order valence-corrected chi connectivity index (χ4v) is 10.7. The number of ether oxygens (including phenoxy) is 1. The van der Waals surface area contributed by atoms with E-state index in [4.69, 9.17) is 4.74 Å². The van der Waals surface area contributed by atoms with Crippen LogP contribution in [0.15, 0.2) is 58.4 Å². The van der Waals surface area contributed by atoms with Crippen LogP contribution in [-0.4, -0.2) is 42.2 Å². The standard InChI is InChI=1S/C30H31N3O4S2/c1-4-32(5-2)16-8-6-15(7-9-16)21-22-19-14-20(25(22)38-27-26(21)39-30(36)31-27)24-23(19)28(34)33(29(24)35)17-10-12-18(37-3)13-11-17/h6-13,19-25H,4-5,14H2,1-3H3,(H,31,36)/t19-,20-,21?,22?,23?,24?,25?/m1/s1. The topological polar surface area (TPSA) is 82.7 Å². The zero-order chi connectivity index (χ0) is 27.0. The van der Waals surface area contributed by atoms with Crippen LogP contribution in [0.2, 0.25) is 0 Å². The minimum atomic E-state index is -0.305. The summed E-state index contributed by atoms with van der Waals surface area (Å²) >= 11 is 3.03. The molecule has 1 aromatic heterocycles. The number of imide groups is 1. The average molecular weight is 562 g/mol. The number of thiazole rings is 1. The minimum Gasteiger partial charge on any atom is -0.497 e. The number of nitrogens with one attached hydrogen (secondary N) is 1. The number of methoxy groups -OCH3 is 1. The van der Waals surface area contributed by atoms with E-state index in [1.54, 1.807) is 43.1 Å². The first-order chi connectivity index (χ1) is 18.9. The third-order valence-corrected chi connectivity index (χ3v) is 12.0. The Kier molecular flexibility index (Phi) is 5.93. The Hall–Kier alpha value is -3.04. The van der Waals surface area contributed by atoms with Gasteiger partial charge in [-0.25, -0.2) is 0 Å². The summed E-state index contributed by atoms with van der Waals surface area (Å²) in [6.45, 7) is 6.20. The Morgan fingerprint density at radius 3 is 2.26 bits per heavy atom. The van der Waals surface area contributed by atoms with Gasteiger partial charge in [-0.05, 0) is 80.0 Å². The highest BCUT2D eigenvalue weighted by molar-refractivity contribution is 8.00. The number of hydrogen-bond donors (Lipinski definition) is 1. The van der Waals surface area contributed by atoms with Crippen LogP contribution in [0.1, 0.15) is 36.6 Å². The third-order valence-electron chi connectivity index (χ3n) is 9.44. The van der Waals surface area contributed by atoms with E-state index in [1.165, 1.54) is 27.5 Å². The van der Waals surface area contributed by atoms with E-state index in [1.807, 2.05) is 0 Å². The van der Waals surface area contributed by atoms with Crippen LogP contribution in [0.3, 0.4) is 0 Å². The first-order valence-corrected chi connectivity index (χ1v) is 15.4. The van der Waals surface area contributed by atoms with Gasteiger partial charge in [0.25, 0.3) is 0 Å². The zero-order valence-electron chi connectivity index (χ0n) is 22.1. The summed E-state index contributed by atoms with van der Waals surface area (Å²) in [5.74, 6) is 0.398. The molecule has 7 nitrogen and oxygen atoms in total. The number of carbonyl (C=O) groups excluding carboxylic acids is 2. The molecule has 2 aromatic carbocycles. The van der Waals surface area contributed by atoms with E-state index in [-0.39, 0.29) is 57.4 Å². The molecule has 39 heavy (non-hydrogen) atoms. The number of fused-ring (bicyclic) bond motifs is 9. The molecule has 5 unspecified atom stereocenters. The Bertz CT molecular complexity index is 1490. The molecule has 3 fully saturated rings. The van der Waals surface area contributed by atoms with Crippen molar-refractivity contribution in [1.82, 2.24) is 4.98 Å². The lowest BCUT2D eigenvalue weighted by Gasteiger charge is -2.43. The number of aromatic amines is 1. The van der Waals surface area contributed by atoms with Crippen LogP contribution in [0.5, 0.6) is 5.75 Å². The zero-order valence-corrected chi connectivity index (χ0v) is 23.8. The van der Waals surface area contributed by atoms with Gasteiger partial charge in [-0.15, -0.1) is 11.8 Å². The van der Waals surface area contributed by atoms with Crippen molar-refractivity contribution in [2.24, 2.45) is 29.6 Å². The molecule has 7 atom stereocenters. The Morgan fingerprint density at radius 1 is 0.949 bits per heavy atom. The number of thioether (sulfide) groups is 1. The highest BCUT2D eigenvalue weighted by atomic mass is 32.2. The lowest BCUT2D eigenvalue weighted by Crippen LogP contribution is -2.42. The number of rotatable bonds is 6. The Labute approximate surface area is 235 Å². The second kappa shape index (κ2) is 9.27. The second-order valence-corrected chi connectivity index (χ2v) is 13.1. The van der Waals surface area contributed by atoms with Crippen molar-refractivity contribution < 1.29 is 14.3 Å². The van der Waals surface area contributed by atoms with E-state index >= 15 is 0 Å². The predicted octanol–water partition coefficient (Wildman–Crippen LogP) is 4.97. The first kappa shape index (κ1) is 25.0. The van der Waals surface area contributed by atoms with Crippen LogP contribution in [0.4, 0.5) is 11.4 Å². The number of aromatic nitrogens is 1. The predicted molar refractivity (Wildman–Crippen MR) is 154 cm³/mol. The van der Waals surface area contributed by atoms with Gasteiger partial charge in [0.2, 0.25) is 11.8 Å². The van der Waals surface area contributed by atoms with Crippen LogP contribution < -0.4 is 19.4 Å². The molecule has 1 N–H and O–H groups in total. The summed E-state index contributed by atoms with van der Waals surface area (Å²) in [6.07, 6.45) is 0.888. The summed E-state index contributed by atoms with van der Waals surface area (Å²) in [6, 6.07) is 15.9. The van der Waals surface area contributed by atoms with E-state index < -0.39 is 0 Å². The molecule has 0 spiro atoms. The van der Waals surface area contributed by atoms with Crippen molar-refractivity contribution in [3.63, 3.8) is 0 Å². The molecule has 7 rings (SSSR count). The first-order valence-electron chi connectivity index (χ1n) is 13.7. The number of anilines is 2. The number of carbonyl (C=O) groups is 2. The van der Waals surface area contributed by atoms with Gasteiger partial charge in [-0.3, -0.25) is 19.3 Å². The summed E-state index contributed by atoms with van der Waals surface area (Å²) in [5, 5.41) is 1.13. The van der Waals surface area contributed by atoms with Crippen LogP contribution in [0, 0.1) is 29.6 Å². The molecule has 2 amide bonds. The molecule has 2 aliphatic carbocycles. The van der Waals surface area contributed by atoms with Crippen LogP contribution in [0.25, 0.3) is 0 Å². The van der Waals surface area contributed by atoms with Crippen molar-refractivity contribution in [3.05, 3.63) is 68.6 Å². The van der Waals surface area contributed by atoms with Gasteiger partial charge in [-0.1, -0.05) is 23.5 Å². The highest BCUT2D eigenvalue weighted by Gasteiger charge is 2.69. The molecule has 3 aromatic rings. The van der Waals surface area contributed by atoms with E-state index in [0.29, 0.717) is 11.4 Å². The summed E-state index contributed by atoms with van der Waals surface area (Å²) < 4.78 is 5.27. The lowest BCUT2D eigenvalue weighted by molar-refractivity contribution is -0.123. The van der Waals surface area contributed by atoms with Gasteiger partial charge in [-0.2, -0.15) is 0 Å². The second-order valence-electron chi connectivity index (χ2n) is 10.9. The van der Waals surface area contributed by atoms with Gasteiger partial charge < -0.3 is 14.6 Å². The molecule has 0 radical (unpaired) electrons. The monoisotopic (exact) mass is 561 g/mol.